The van der Waals surface area contributed by atoms with Gasteiger partial charge in [0.2, 0.25) is 0 Å². The number of nitrogens with zero attached hydrogens (tertiary/aromatic N) is 3. The van der Waals surface area contributed by atoms with E-state index in [1.54, 1.807) is 0 Å². The predicted molar refractivity (Wildman–Crippen MR) is 85.3 cm³/mol. The second-order valence-corrected chi connectivity index (χ2v) is 6.65. The number of alkyl halides is 1. The molecule has 110 valence electrons. The number of hydrogen-bond acceptors (Lipinski definition) is 2. The summed E-state index contributed by atoms with van der Waals surface area (Å²) in [6, 6.07) is 7.88. The fourth-order valence-corrected chi connectivity index (χ4v) is 3.53. The largest absolute Gasteiger partial charge is 0.327 e. The van der Waals surface area contributed by atoms with Crippen molar-refractivity contribution in [3.63, 3.8) is 0 Å². The summed E-state index contributed by atoms with van der Waals surface area (Å²) in [5.74, 6) is 1.75. The number of nitriles is 1. The summed E-state index contributed by atoms with van der Waals surface area (Å²) in [6.45, 7) is 2.91. The molecule has 21 heavy (non-hydrogen) atoms. The van der Waals surface area contributed by atoms with E-state index in [2.05, 4.69) is 15.6 Å². The maximum Gasteiger partial charge on any atom is 0.127 e. The average molecular weight is 302 g/mol. The smallest absolute Gasteiger partial charge is 0.127 e. The van der Waals surface area contributed by atoms with E-state index in [-0.39, 0.29) is 5.38 Å². The Morgan fingerprint density at radius 3 is 2.86 bits per heavy atom. The Bertz CT molecular complexity index is 675. The van der Waals surface area contributed by atoms with E-state index >= 15 is 0 Å². The molecule has 1 unspecified atom stereocenters. The van der Waals surface area contributed by atoms with Gasteiger partial charge in [-0.3, -0.25) is 0 Å². The first kappa shape index (κ1) is 14.4. The molecule has 1 aromatic carbocycles. The summed E-state index contributed by atoms with van der Waals surface area (Å²) in [5, 5.41) is 8.98. The lowest BCUT2D eigenvalue weighted by Gasteiger charge is -2.13. The molecule has 1 saturated carbocycles. The lowest BCUT2D eigenvalue weighted by molar-refractivity contribution is 0.456. The highest BCUT2D eigenvalue weighted by Crippen LogP contribution is 2.30. The first-order valence-electron chi connectivity index (χ1n) is 7.73. The maximum atomic E-state index is 9.10. The van der Waals surface area contributed by atoms with Crippen LogP contribution in [0.2, 0.25) is 0 Å². The minimum atomic E-state index is -0.119. The van der Waals surface area contributed by atoms with Crippen LogP contribution in [0.4, 0.5) is 0 Å². The highest BCUT2D eigenvalue weighted by molar-refractivity contribution is 6.20. The number of rotatable bonds is 4. The van der Waals surface area contributed by atoms with E-state index in [1.165, 1.54) is 32.1 Å². The van der Waals surface area contributed by atoms with Gasteiger partial charge in [-0.2, -0.15) is 5.26 Å². The van der Waals surface area contributed by atoms with Gasteiger partial charge < -0.3 is 4.57 Å². The number of imidazole rings is 1. The molecule has 1 aliphatic carbocycles. The molecule has 0 radical (unpaired) electrons. The second kappa shape index (κ2) is 6.07. The van der Waals surface area contributed by atoms with E-state index in [9.17, 15) is 0 Å². The van der Waals surface area contributed by atoms with Gasteiger partial charge in [-0.05, 0) is 37.5 Å². The highest BCUT2D eigenvalue weighted by atomic mass is 35.5. The highest BCUT2D eigenvalue weighted by Gasteiger charge is 2.19. The van der Waals surface area contributed by atoms with Gasteiger partial charge in [0.1, 0.15) is 5.82 Å². The summed E-state index contributed by atoms with van der Waals surface area (Å²) < 4.78 is 2.21. The Morgan fingerprint density at radius 1 is 1.43 bits per heavy atom. The van der Waals surface area contributed by atoms with Crippen LogP contribution in [0.25, 0.3) is 11.0 Å². The Kier molecular flexibility index (Phi) is 4.17. The predicted octanol–water partition coefficient (Wildman–Crippen LogP) is 4.79. The number of fused-ring (bicyclic) bond motifs is 1. The lowest BCUT2D eigenvalue weighted by atomic mass is 10.0. The summed E-state index contributed by atoms with van der Waals surface area (Å²) in [5.41, 5.74) is 2.65. The Hall–Kier alpha value is -1.53. The van der Waals surface area contributed by atoms with Gasteiger partial charge in [0, 0.05) is 6.54 Å². The van der Waals surface area contributed by atoms with Crippen LogP contribution in [0.5, 0.6) is 0 Å². The molecule has 0 spiro atoms. The van der Waals surface area contributed by atoms with Crippen LogP contribution >= 0.6 is 11.6 Å². The third-order valence-electron chi connectivity index (χ3n) is 4.50. The van der Waals surface area contributed by atoms with E-state index in [0.717, 1.165) is 29.3 Å². The minimum Gasteiger partial charge on any atom is -0.327 e. The van der Waals surface area contributed by atoms with Crippen LogP contribution in [0.1, 0.15) is 55.8 Å². The van der Waals surface area contributed by atoms with Gasteiger partial charge in [0.15, 0.2) is 0 Å². The monoisotopic (exact) mass is 301 g/mol. The van der Waals surface area contributed by atoms with Crippen molar-refractivity contribution >= 4 is 22.6 Å². The lowest BCUT2D eigenvalue weighted by Crippen LogP contribution is -2.08. The molecule has 0 aliphatic heterocycles. The zero-order valence-corrected chi connectivity index (χ0v) is 13.1. The van der Waals surface area contributed by atoms with Crippen LogP contribution < -0.4 is 0 Å². The van der Waals surface area contributed by atoms with E-state index in [0.29, 0.717) is 5.56 Å². The number of aromatic nitrogens is 2. The fourth-order valence-electron chi connectivity index (χ4n) is 3.36. The van der Waals surface area contributed by atoms with Gasteiger partial charge in [-0.15, -0.1) is 11.6 Å². The van der Waals surface area contributed by atoms with Crippen molar-refractivity contribution in [1.82, 2.24) is 9.55 Å². The second-order valence-electron chi connectivity index (χ2n) is 5.99. The average Bonchev–Trinajstić information content (AvgIpc) is 3.11. The minimum absolute atomic E-state index is 0.119. The van der Waals surface area contributed by atoms with Gasteiger partial charge >= 0.3 is 0 Å². The maximum absolute atomic E-state index is 9.10. The Labute approximate surface area is 130 Å². The molecule has 1 heterocycles. The molecule has 4 heteroatoms. The SMILES string of the molecule is CC(Cl)c1nc2ccc(C#N)cc2n1CCC1CCCC1. The molecule has 0 saturated heterocycles. The van der Waals surface area contributed by atoms with Crippen molar-refractivity contribution in [3.8, 4) is 6.07 Å². The fraction of sp³-hybridized carbons (Fsp3) is 0.529. The summed E-state index contributed by atoms with van der Waals surface area (Å²) in [6.07, 6.45) is 6.61. The van der Waals surface area contributed by atoms with Crippen LogP contribution in [-0.2, 0) is 6.54 Å². The van der Waals surface area contributed by atoms with Crippen LogP contribution in [0.15, 0.2) is 18.2 Å². The third-order valence-corrected chi connectivity index (χ3v) is 4.69. The molecule has 2 aromatic rings. The van der Waals surface area contributed by atoms with Crippen molar-refractivity contribution in [3.05, 3.63) is 29.6 Å². The Balaban J connectivity index is 1.95. The van der Waals surface area contributed by atoms with E-state index in [1.807, 2.05) is 25.1 Å². The van der Waals surface area contributed by atoms with Crippen molar-refractivity contribution in [1.29, 1.82) is 5.26 Å². The molecule has 1 fully saturated rings. The van der Waals surface area contributed by atoms with Crippen molar-refractivity contribution < 1.29 is 0 Å². The zero-order valence-electron chi connectivity index (χ0n) is 12.3. The zero-order chi connectivity index (χ0) is 14.8. The Morgan fingerprint density at radius 2 is 2.19 bits per heavy atom. The number of aryl methyl sites for hydroxylation is 1. The first-order chi connectivity index (χ1) is 10.2. The molecular formula is C17H20ClN3. The van der Waals surface area contributed by atoms with E-state index < -0.39 is 0 Å². The number of halogens is 1. The quantitative estimate of drug-likeness (QED) is 0.762. The number of hydrogen-bond donors (Lipinski definition) is 0. The summed E-state index contributed by atoms with van der Waals surface area (Å²) >= 11 is 6.30. The van der Waals surface area contributed by atoms with Crippen molar-refractivity contribution in [2.45, 2.75) is 50.9 Å². The van der Waals surface area contributed by atoms with Crippen LogP contribution in [-0.4, -0.2) is 9.55 Å². The standard InChI is InChI=1S/C17H20ClN3/c1-12(18)17-20-15-7-6-14(11-19)10-16(15)21(17)9-8-13-4-2-3-5-13/h6-7,10,12-13H,2-5,8-9H2,1H3. The molecule has 0 N–H and O–H groups in total. The molecule has 0 amide bonds. The molecule has 1 aliphatic rings. The molecular weight excluding hydrogens is 282 g/mol. The van der Waals surface area contributed by atoms with Gasteiger partial charge in [-0.25, -0.2) is 4.98 Å². The third kappa shape index (κ3) is 2.91. The van der Waals surface area contributed by atoms with Gasteiger partial charge in [-0.1, -0.05) is 25.7 Å². The topological polar surface area (TPSA) is 41.6 Å². The normalized spacial score (nSPS) is 17.2. The van der Waals surface area contributed by atoms with Crippen molar-refractivity contribution in [2.75, 3.05) is 0 Å². The summed E-state index contributed by atoms with van der Waals surface area (Å²) in [4.78, 5) is 4.65. The van der Waals surface area contributed by atoms with Crippen molar-refractivity contribution in [2.24, 2.45) is 5.92 Å². The molecule has 3 rings (SSSR count). The first-order valence-corrected chi connectivity index (χ1v) is 8.17. The molecule has 0 bridgehead atoms. The van der Waals surface area contributed by atoms with E-state index in [4.69, 9.17) is 16.9 Å². The molecule has 3 nitrogen and oxygen atoms in total. The molecule has 1 atom stereocenters. The van der Waals surface area contributed by atoms with Gasteiger partial charge in [0.05, 0.1) is 28.0 Å². The van der Waals surface area contributed by atoms with Gasteiger partial charge in [0.25, 0.3) is 0 Å². The van der Waals surface area contributed by atoms with Crippen LogP contribution in [0.3, 0.4) is 0 Å². The summed E-state index contributed by atoms with van der Waals surface area (Å²) in [7, 11) is 0. The number of benzene rings is 1. The van der Waals surface area contributed by atoms with Crippen LogP contribution in [0, 0.1) is 17.2 Å². The molecule has 1 aromatic heterocycles.